The summed E-state index contributed by atoms with van der Waals surface area (Å²) in [5, 5.41) is 18.1. The van der Waals surface area contributed by atoms with Gasteiger partial charge in [0.15, 0.2) is 0 Å². The Labute approximate surface area is 161 Å². The molecule has 0 saturated heterocycles. The largest absolute Gasteiger partial charge is 0.508 e. The molecule has 0 aliphatic carbocycles. The van der Waals surface area contributed by atoms with Crippen molar-refractivity contribution in [3.05, 3.63) is 60.3 Å². The number of unbranched alkanes of at least 4 members (excludes halogenated alkanes) is 1. The van der Waals surface area contributed by atoms with Crippen LogP contribution in [-0.4, -0.2) is 21.4 Å². The van der Waals surface area contributed by atoms with Gasteiger partial charge in [0.1, 0.15) is 11.4 Å². The van der Waals surface area contributed by atoms with Gasteiger partial charge in [-0.1, -0.05) is 56.7 Å². The molecule has 0 unspecified atom stereocenters. The van der Waals surface area contributed by atoms with Crippen molar-refractivity contribution in [2.24, 2.45) is 0 Å². The maximum absolute atomic E-state index is 9.90. The Bertz CT molecular complexity index is 852. The quantitative estimate of drug-likeness (QED) is 0.512. The van der Waals surface area contributed by atoms with Crippen molar-refractivity contribution in [3.8, 4) is 28.1 Å². The van der Waals surface area contributed by atoms with Gasteiger partial charge in [-0.15, -0.1) is 0 Å². The van der Waals surface area contributed by atoms with Gasteiger partial charge in [-0.3, -0.25) is 10.00 Å². The van der Waals surface area contributed by atoms with E-state index in [0.717, 1.165) is 41.8 Å². The highest BCUT2D eigenvalue weighted by Crippen LogP contribution is 2.32. The fraction of sp³-hybridized carbons (Fsp3) is 0.348. The molecule has 4 nitrogen and oxygen atoms in total. The van der Waals surface area contributed by atoms with E-state index >= 15 is 0 Å². The highest BCUT2D eigenvalue weighted by molar-refractivity contribution is 5.81. The fourth-order valence-corrected chi connectivity index (χ4v) is 3.18. The molecule has 0 fully saturated rings. The van der Waals surface area contributed by atoms with Gasteiger partial charge in [-0.2, -0.15) is 5.10 Å². The van der Waals surface area contributed by atoms with Crippen molar-refractivity contribution in [3.63, 3.8) is 0 Å². The van der Waals surface area contributed by atoms with Gasteiger partial charge in [-0.25, -0.2) is 0 Å². The van der Waals surface area contributed by atoms with E-state index in [1.165, 1.54) is 18.4 Å². The molecule has 0 atom stereocenters. The molecular formula is C23H29N3O. The first-order chi connectivity index (χ1) is 13.2. The van der Waals surface area contributed by atoms with Gasteiger partial charge < -0.3 is 5.11 Å². The third kappa shape index (κ3) is 4.98. The molecule has 0 aliphatic rings. The maximum atomic E-state index is 9.90. The molecule has 0 amide bonds. The third-order valence-electron chi connectivity index (χ3n) is 4.67. The number of rotatable bonds is 9. The molecule has 0 bridgehead atoms. The van der Waals surface area contributed by atoms with Crippen LogP contribution in [0.15, 0.2) is 54.7 Å². The van der Waals surface area contributed by atoms with Gasteiger partial charge in [-0.05, 0) is 49.1 Å². The Kier molecular flexibility index (Phi) is 6.66. The minimum Gasteiger partial charge on any atom is -0.508 e. The van der Waals surface area contributed by atoms with Crippen molar-refractivity contribution in [1.82, 2.24) is 15.1 Å². The maximum Gasteiger partial charge on any atom is 0.116 e. The van der Waals surface area contributed by atoms with Crippen LogP contribution in [0.5, 0.6) is 5.75 Å². The molecule has 1 heterocycles. The summed E-state index contributed by atoms with van der Waals surface area (Å²) in [5.74, 6) is 0.269. The molecule has 142 valence electrons. The monoisotopic (exact) mass is 363 g/mol. The number of nitrogens with zero attached hydrogens (tertiary/aromatic N) is 2. The van der Waals surface area contributed by atoms with E-state index in [0.29, 0.717) is 6.67 Å². The number of aromatic hydroxyl groups is 1. The first-order valence-corrected chi connectivity index (χ1v) is 9.88. The summed E-state index contributed by atoms with van der Waals surface area (Å²) in [6, 6.07) is 16.1. The van der Waals surface area contributed by atoms with E-state index < -0.39 is 0 Å². The van der Waals surface area contributed by atoms with Crippen LogP contribution in [0.3, 0.4) is 0 Å². The van der Waals surface area contributed by atoms with Gasteiger partial charge in [0.05, 0.1) is 6.67 Å². The van der Waals surface area contributed by atoms with Gasteiger partial charge in [0.2, 0.25) is 0 Å². The second-order valence-electron chi connectivity index (χ2n) is 6.94. The molecule has 0 aliphatic heterocycles. The predicted octanol–water partition coefficient (Wildman–Crippen LogP) is 5.22. The predicted molar refractivity (Wildman–Crippen MR) is 112 cm³/mol. The van der Waals surface area contributed by atoms with Crippen LogP contribution in [0.4, 0.5) is 0 Å². The molecule has 27 heavy (non-hydrogen) atoms. The van der Waals surface area contributed by atoms with E-state index in [1.54, 1.807) is 12.1 Å². The van der Waals surface area contributed by atoms with Crippen LogP contribution in [0.2, 0.25) is 0 Å². The summed E-state index contributed by atoms with van der Waals surface area (Å²) in [6.45, 7) is 6.01. The Hall–Kier alpha value is -2.59. The summed E-state index contributed by atoms with van der Waals surface area (Å²) < 4.78 is 1.94. The Balaban J connectivity index is 1.94. The number of phenols is 1. The second kappa shape index (κ2) is 9.38. The first-order valence-electron chi connectivity index (χ1n) is 9.88. The molecule has 2 aromatic carbocycles. The molecule has 1 aromatic heterocycles. The minimum atomic E-state index is 0.269. The van der Waals surface area contributed by atoms with Crippen LogP contribution in [0, 0.1) is 0 Å². The standard InChI is InChI=1S/C23H29N3O/c1-3-5-7-18-10-12-19(13-11-18)23-22(20-8-6-9-21(27)15-20)16-26(25-23)17-24-14-4-2/h6,8-13,15-16,24,27H,3-5,7,14,17H2,1-2H3. The van der Waals surface area contributed by atoms with Crippen LogP contribution in [0.1, 0.15) is 38.7 Å². The number of hydrogen-bond donors (Lipinski definition) is 2. The van der Waals surface area contributed by atoms with Crippen LogP contribution in [-0.2, 0) is 13.1 Å². The smallest absolute Gasteiger partial charge is 0.116 e. The Morgan fingerprint density at radius 3 is 2.52 bits per heavy atom. The van der Waals surface area contributed by atoms with Crippen molar-refractivity contribution < 1.29 is 5.11 Å². The number of aryl methyl sites for hydroxylation is 1. The summed E-state index contributed by atoms with van der Waals surface area (Å²) in [5.41, 5.74) is 5.42. The third-order valence-corrected chi connectivity index (χ3v) is 4.67. The van der Waals surface area contributed by atoms with Gasteiger partial charge in [0, 0.05) is 17.3 Å². The molecule has 4 heteroatoms. The van der Waals surface area contributed by atoms with Gasteiger partial charge in [0.25, 0.3) is 0 Å². The zero-order chi connectivity index (χ0) is 19.1. The zero-order valence-electron chi connectivity index (χ0n) is 16.3. The summed E-state index contributed by atoms with van der Waals surface area (Å²) in [4.78, 5) is 0. The van der Waals surface area contributed by atoms with Crippen molar-refractivity contribution in [1.29, 1.82) is 0 Å². The normalized spacial score (nSPS) is 11.0. The number of nitrogens with one attached hydrogen (secondary N) is 1. The zero-order valence-corrected chi connectivity index (χ0v) is 16.3. The molecule has 0 saturated carbocycles. The second-order valence-corrected chi connectivity index (χ2v) is 6.94. The van der Waals surface area contributed by atoms with Crippen LogP contribution >= 0.6 is 0 Å². The van der Waals surface area contributed by atoms with E-state index in [2.05, 4.69) is 49.6 Å². The van der Waals surface area contributed by atoms with Crippen molar-refractivity contribution in [2.45, 2.75) is 46.2 Å². The number of aromatic nitrogens is 2. The average Bonchev–Trinajstić information content (AvgIpc) is 3.11. The molecule has 0 spiro atoms. The lowest BCUT2D eigenvalue weighted by Crippen LogP contribution is -2.19. The fourth-order valence-electron chi connectivity index (χ4n) is 3.18. The number of benzene rings is 2. The molecule has 2 N–H and O–H groups in total. The van der Waals surface area contributed by atoms with E-state index in [4.69, 9.17) is 5.10 Å². The molecule has 0 radical (unpaired) electrons. The Morgan fingerprint density at radius 1 is 1.00 bits per heavy atom. The van der Waals surface area contributed by atoms with E-state index in [-0.39, 0.29) is 5.75 Å². The molecule has 3 aromatic rings. The highest BCUT2D eigenvalue weighted by Gasteiger charge is 2.13. The van der Waals surface area contributed by atoms with Crippen LogP contribution < -0.4 is 5.32 Å². The lowest BCUT2D eigenvalue weighted by Gasteiger charge is -2.05. The average molecular weight is 364 g/mol. The van der Waals surface area contributed by atoms with Gasteiger partial charge >= 0.3 is 0 Å². The highest BCUT2D eigenvalue weighted by atomic mass is 16.3. The summed E-state index contributed by atoms with van der Waals surface area (Å²) in [7, 11) is 0. The molecular weight excluding hydrogens is 334 g/mol. The lowest BCUT2D eigenvalue weighted by atomic mass is 10.00. The SMILES string of the molecule is CCCCc1ccc(-c2nn(CNCCC)cc2-c2cccc(O)c2)cc1. The summed E-state index contributed by atoms with van der Waals surface area (Å²) in [6.07, 6.45) is 6.68. The number of hydrogen-bond acceptors (Lipinski definition) is 3. The van der Waals surface area contributed by atoms with Crippen molar-refractivity contribution in [2.75, 3.05) is 6.54 Å². The number of phenolic OH excluding ortho intramolecular Hbond substituents is 1. The topological polar surface area (TPSA) is 50.1 Å². The van der Waals surface area contributed by atoms with E-state index in [9.17, 15) is 5.11 Å². The summed E-state index contributed by atoms with van der Waals surface area (Å²) >= 11 is 0. The Morgan fingerprint density at radius 2 is 1.81 bits per heavy atom. The lowest BCUT2D eigenvalue weighted by molar-refractivity contribution is 0.475. The van der Waals surface area contributed by atoms with E-state index in [1.807, 2.05) is 16.8 Å². The first kappa shape index (κ1) is 19.2. The van der Waals surface area contributed by atoms with Crippen LogP contribution in [0.25, 0.3) is 22.4 Å². The van der Waals surface area contributed by atoms with Crippen molar-refractivity contribution >= 4 is 0 Å². The molecule has 3 rings (SSSR count). The minimum absolute atomic E-state index is 0.269.